The molecule has 2 aliphatic rings. The molecule has 2 aromatic rings. The zero-order chi connectivity index (χ0) is 23.8. The second-order valence-electron chi connectivity index (χ2n) is 8.95. The molecule has 34 heavy (non-hydrogen) atoms. The molecule has 7 heteroatoms. The molecule has 1 aliphatic heterocycles. The zero-order valence-electron chi connectivity index (χ0n) is 19.8. The molecule has 1 aliphatic carbocycles. The lowest BCUT2D eigenvalue weighted by Crippen LogP contribution is -2.18. The highest BCUT2D eigenvalue weighted by Gasteiger charge is 2.18. The van der Waals surface area contributed by atoms with Gasteiger partial charge in [0.25, 0.3) is 0 Å². The highest BCUT2D eigenvalue weighted by atomic mass is 32.2. The number of unbranched alkanes of at least 4 members (excludes halogenated alkanes) is 1. The van der Waals surface area contributed by atoms with Crippen LogP contribution in [0.15, 0.2) is 47.4 Å². The normalized spacial score (nSPS) is 16.5. The number of carbonyl (C=O) groups excluding carboxylic acids is 2. The van der Waals surface area contributed by atoms with Crippen molar-refractivity contribution in [3.8, 4) is 5.75 Å². The van der Waals surface area contributed by atoms with Gasteiger partial charge in [-0.15, -0.1) is 0 Å². The van der Waals surface area contributed by atoms with Crippen molar-refractivity contribution in [2.24, 2.45) is 0 Å². The number of fused-ring (bicyclic) bond motifs is 1. The number of hydroxylamine groups is 1. The first kappa shape index (κ1) is 24.3. The van der Waals surface area contributed by atoms with Crippen LogP contribution in [0, 0.1) is 0 Å². The van der Waals surface area contributed by atoms with Crippen molar-refractivity contribution in [1.29, 1.82) is 0 Å². The zero-order valence-corrected chi connectivity index (χ0v) is 20.6. The Balaban J connectivity index is 1.21. The molecule has 0 bridgehead atoms. The summed E-state index contributed by atoms with van der Waals surface area (Å²) in [5.41, 5.74) is 3.37. The van der Waals surface area contributed by atoms with Gasteiger partial charge in [-0.2, -0.15) is 4.28 Å². The number of nitrogens with zero attached hydrogens (tertiary/aromatic N) is 1. The first-order valence-electron chi connectivity index (χ1n) is 12.2. The lowest BCUT2D eigenvalue weighted by Gasteiger charge is -2.21. The number of ether oxygens (including phenoxy) is 1. The van der Waals surface area contributed by atoms with Gasteiger partial charge in [0.05, 0.1) is 23.2 Å². The van der Waals surface area contributed by atoms with Gasteiger partial charge >= 0.3 is 5.91 Å². The number of carbonyl (C=O) groups is 2. The van der Waals surface area contributed by atoms with Gasteiger partial charge in [0.2, 0.25) is 12.1 Å². The molecule has 1 fully saturated rings. The van der Waals surface area contributed by atoms with Crippen molar-refractivity contribution >= 4 is 35.8 Å². The number of hydrogen-bond donors (Lipinski definition) is 1. The van der Waals surface area contributed by atoms with Crippen molar-refractivity contribution < 1.29 is 23.3 Å². The molecule has 1 N–H and O–H groups in total. The minimum absolute atomic E-state index is 0.0589. The molecule has 1 saturated carbocycles. The summed E-state index contributed by atoms with van der Waals surface area (Å²) in [6, 6.07) is 14.3. The second kappa shape index (κ2) is 12.1. The molecule has 0 unspecified atom stereocenters. The smallest absolute Gasteiger partial charge is 0.432 e. The highest BCUT2D eigenvalue weighted by Crippen LogP contribution is 2.33. The van der Waals surface area contributed by atoms with Gasteiger partial charge in [0.1, 0.15) is 5.75 Å². The number of amides is 2. The predicted molar refractivity (Wildman–Crippen MR) is 134 cm³/mol. The van der Waals surface area contributed by atoms with Crippen molar-refractivity contribution in [3.05, 3.63) is 53.6 Å². The maximum Gasteiger partial charge on any atom is 0.432 e. The van der Waals surface area contributed by atoms with Crippen LogP contribution in [0.5, 0.6) is 5.75 Å². The Labute approximate surface area is 205 Å². The Morgan fingerprint density at radius 2 is 1.91 bits per heavy atom. The molecular formula is C27H33N2O4S+. The molecule has 1 heterocycles. The molecule has 180 valence electrons. The van der Waals surface area contributed by atoms with Crippen LogP contribution in [0.1, 0.15) is 75.3 Å². The molecule has 0 radical (unpaired) electrons. The van der Waals surface area contributed by atoms with Crippen molar-refractivity contribution in [1.82, 2.24) is 0 Å². The Morgan fingerprint density at radius 1 is 1.12 bits per heavy atom. The van der Waals surface area contributed by atoms with E-state index in [1.54, 1.807) is 6.21 Å². The number of aryl methyl sites for hydroxylation is 1. The summed E-state index contributed by atoms with van der Waals surface area (Å²) in [5.74, 6) is 1.37. The van der Waals surface area contributed by atoms with E-state index in [4.69, 9.17) is 9.02 Å². The predicted octanol–water partition coefficient (Wildman–Crippen LogP) is 6.05. The number of anilines is 1. The average Bonchev–Trinajstić information content (AvgIpc) is 2.86. The summed E-state index contributed by atoms with van der Waals surface area (Å²) < 4.78 is 12.8. The molecular weight excluding hydrogens is 448 g/mol. The Morgan fingerprint density at radius 3 is 2.68 bits per heavy atom. The van der Waals surface area contributed by atoms with Crippen LogP contribution >= 0.6 is 12.0 Å². The Bertz CT molecular complexity index is 1030. The fourth-order valence-corrected chi connectivity index (χ4v) is 5.04. The van der Waals surface area contributed by atoms with Crippen LogP contribution in [-0.4, -0.2) is 29.4 Å². The lowest BCUT2D eigenvalue weighted by molar-refractivity contribution is -0.666. The molecule has 6 nitrogen and oxygen atoms in total. The Hall–Kier alpha value is -2.80. The maximum atomic E-state index is 12.0. The Kier molecular flexibility index (Phi) is 8.63. The third kappa shape index (κ3) is 6.86. The summed E-state index contributed by atoms with van der Waals surface area (Å²) >= 11 is 1.20. The summed E-state index contributed by atoms with van der Waals surface area (Å²) in [4.78, 5) is 24.4. The molecule has 2 aromatic carbocycles. The van der Waals surface area contributed by atoms with E-state index in [-0.39, 0.29) is 11.8 Å². The number of rotatable bonds is 9. The lowest BCUT2D eigenvalue weighted by atomic mass is 9.84. The summed E-state index contributed by atoms with van der Waals surface area (Å²) in [6.07, 6.45) is 11.0. The first-order chi connectivity index (χ1) is 16.6. The summed E-state index contributed by atoms with van der Waals surface area (Å²) in [5, 5.41) is 2.88. The van der Waals surface area contributed by atoms with E-state index in [1.807, 2.05) is 18.2 Å². The minimum Gasteiger partial charge on any atom is -0.494 e. The number of nitrogens with one attached hydrogen (secondary N) is 1. The third-order valence-corrected chi connectivity index (χ3v) is 7.06. The highest BCUT2D eigenvalue weighted by molar-refractivity contribution is 7.94. The molecule has 0 aromatic heterocycles. The van der Waals surface area contributed by atoms with E-state index in [0.717, 1.165) is 34.7 Å². The van der Waals surface area contributed by atoms with Crippen LogP contribution in [-0.2, 0) is 20.3 Å². The van der Waals surface area contributed by atoms with Crippen molar-refractivity contribution in [2.75, 3.05) is 11.9 Å². The van der Waals surface area contributed by atoms with Gasteiger partial charge in [0, 0.05) is 18.5 Å². The molecule has 0 atom stereocenters. The fraction of sp³-hybridized carbons (Fsp3) is 0.444. The van der Waals surface area contributed by atoms with Gasteiger partial charge in [0.15, 0.2) is 12.0 Å². The SMILES string of the molecule is CC(=O)[N+](=CCCCOc1ccc2c(c1)CCC(=O)N2)OSc1ccc(C2CCCCC2)cc1. The molecule has 0 spiro atoms. The van der Waals surface area contributed by atoms with Crippen LogP contribution < -0.4 is 10.1 Å². The molecule has 0 saturated heterocycles. The van der Waals surface area contributed by atoms with Crippen molar-refractivity contribution in [2.45, 2.75) is 75.5 Å². The van der Waals surface area contributed by atoms with Gasteiger partial charge < -0.3 is 10.1 Å². The van der Waals surface area contributed by atoms with Crippen LogP contribution in [0.4, 0.5) is 5.69 Å². The topological polar surface area (TPSA) is 67.6 Å². The van der Waals surface area contributed by atoms with Gasteiger partial charge in [-0.05, 0) is 73.1 Å². The maximum absolute atomic E-state index is 12.0. The van der Waals surface area contributed by atoms with Crippen LogP contribution in [0.2, 0.25) is 0 Å². The van der Waals surface area contributed by atoms with E-state index in [2.05, 4.69) is 29.6 Å². The monoisotopic (exact) mass is 481 g/mol. The largest absolute Gasteiger partial charge is 0.494 e. The number of hydrogen-bond acceptors (Lipinski definition) is 5. The van der Waals surface area contributed by atoms with E-state index in [1.165, 1.54) is 61.4 Å². The third-order valence-electron chi connectivity index (χ3n) is 6.37. The van der Waals surface area contributed by atoms with Crippen molar-refractivity contribution in [3.63, 3.8) is 0 Å². The quantitative estimate of drug-likeness (QED) is 0.155. The van der Waals surface area contributed by atoms with E-state index in [9.17, 15) is 9.59 Å². The number of benzene rings is 2. The standard InChI is InChI=1S/C27H32N2O4S/c1-20(30)29(33-34-25-13-9-22(10-14-25)21-7-3-2-4-8-21)17-5-6-18-32-24-12-15-26-23(19-24)11-16-27(31)28-26/h9-10,12-15,17,19,21H,2-8,11,16,18H2,1H3/p+1. The fourth-order valence-electron chi connectivity index (χ4n) is 4.46. The first-order valence-corrected chi connectivity index (χ1v) is 13.0. The summed E-state index contributed by atoms with van der Waals surface area (Å²) in [6.45, 7) is 2.02. The van der Waals surface area contributed by atoms with Crippen LogP contribution in [0.25, 0.3) is 0 Å². The van der Waals surface area contributed by atoms with Gasteiger partial charge in [-0.1, -0.05) is 31.4 Å². The molecule has 4 rings (SSSR count). The van der Waals surface area contributed by atoms with E-state index >= 15 is 0 Å². The molecule has 2 amide bonds. The van der Waals surface area contributed by atoms with E-state index < -0.39 is 0 Å². The second-order valence-corrected chi connectivity index (χ2v) is 9.73. The van der Waals surface area contributed by atoms with E-state index in [0.29, 0.717) is 25.4 Å². The van der Waals surface area contributed by atoms with Gasteiger partial charge in [-0.3, -0.25) is 4.79 Å². The average molecular weight is 482 g/mol. The van der Waals surface area contributed by atoms with Gasteiger partial charge in [-0.25, -0.2) is 4.79 Å². The minimum atomic E-state index is -0.163. The van der Waals surface area contributed by atoms with Crippen LogP contribution in [0.3, 0.4) is 0 Å². The summed E-state index contributed by atoms with van der Waals surface area (Å²) in [7, 11) is 0.